The van der Waals surface area contributed by atoms with Gasteiger partial charge in [0.05, 0.1) is 6.61 Å². The van der Waals surface area contributed by atoms with E-state index in [4.69, 9.17) is 5.11 Å². The van der Waals surface area contributed by atoms with Crippen molar-refractivity contribution in [2.45, 2.75) is 65.7 Å². The zero-order valence-electron chi connectivity index (χ0n) is 14.7. The van der Waals surface area contributed by atoms with Crippen LogP contribution in [0.15, 0.2) is 23.8 Å². The third kappa shape index (κ3) is 3.19. The number of rotatable bonds is 5. The predicted octanol–water partition coefficient (Wildman–Crippen LogP) is 4.48. The first kappa shape index (κ1) is 17.7. The molecule has 2 saturated carbocycles. The largest absolute Gasteiger partial charge is 0.396 e. The highest BCUT2D eigenvalue weighted by atomic mass is 16.3. The van der Waals surface area contributed by atoms with E-state index in [-0.39, 0.29) is 17.4 Å². The van der Waals surface area contributed by atoms with Gasteiger partial charge in [0.2, 0.25) is 0 Å². The maximum atomic E-state index is 9.98. The summed E-state index contributed by atoms with van der Waals surface area (Å²) in [6, 6.07) is 0. The minimum Gasteiger partial charge on any atom is -0.396 e. The zero-order valence-corrected chi connectivity index (χ0v) is 14.7. The molecule has 0 heterocycles. The lowest BCUT2D eigenvalue weighted by atomic mass is 9.47. The average Bonchev–Trinajstić information content (AvgIpc) is 2.46. The van der Waals surface area contributed by atoms with Crippen LogP contribution in [0.4, 0.5) is 0 Å². The number of aliphatic hydroxyl groups excluding tert-OH is 2. The van der Waals surface area contributed by atoms with Gasteiger partial charge in [-0.2, -0.15) is 0 Å². The summed E-state index contributed by atoms with van der Waals surface area (Å²) in [5.74, 6) is 1.16. The van der Waals surface area contributed by atoms with Crippen LogP contribution in [0.2, 0.25) is 0 Å². The monoisotopic (exact) mass is 306 g/mol. The summed E-state index contributed by atoms with van der Waals surface area (Å²) < 4.78 is 0. The van der Waals surface area contributed by atoms with Crippen LogP contribution in [0.5, 0.6) is 0 Å². The van der Waals surface area contributed by atoms with E-state index in [2.05, 4.69) is 27.4 Å². The Morgan fingerprint density at radius 1 is 1.32 bits per heavy atom. The molecule has 0 aliphatic heterocycles. The Morgan fingerprint density at radius 2 is 2.05 bits per heavy atom. The van der Waals surface area contributed by atoms with Crippen LogP contribution in [0, 0.1) is 22.7 Å². The van der Waals surface area contributed by atoms with Crippen molar-refractivity contribution in [1.29, 1.82) is 0 Å². The van der Waals surface area contributed by atoms with E-state index in [1.165, 1.54) is 30.4 Å². The second-order valence-electron chi connectivity index (χ2n) is 8.25. The Labute approximate surface area is 136 Å². The normalized spacial score (nSPS) is 39.7. The Hall–Kier alpha value is -0.600. The molecule has 1 unspecified atom stereocenters. The molecule has 2 rings (SSSR count). The molecule has 2 aliphatic rings. The summed E-state index contributed by atoms with van der Waals surface area (Å²) in [6.07, 6.45) is 10.0. The van der Waals surface area contributed by atoms with Crippen molar-refractivity contribution >= 4 is 0 Å². The standard InChI is InChI=1S/C20H34O2/c1-15(10-13-21)6-8-17-16(2)7-9-18-19(3,14-22)11-5-12-20(17,18)4/h10,17-18,21-22H,2,5-9,11-14H2,1,3-4H3/t17-,18?,19-,20+/m0/s1. The fourth-order valence-electron chi connectivity index (χ4n) is 5.44. The third-order valence-electron chi connectivity index (χ3n) is 6.77. The molecule has 2 heteroatoms. The molecule has 0 spiro atoms. The summed E-state index contributed by atoms with van der Waals surface area (Å²) >= 11 is 0. The molecule has 2 fully saturated rings. The average molecular weight is 306 g/mol. The number of fused-ring (bicyclic) bond motifs is 1. The molecule has 2 aliphatic carbocycles. The lowest BCUT2D eigenvalue weighted by molar-refractivity contribution is -0.0858. The minimum atomic E-state index is 0.0853. The minimum absolute atomic E-state index is 0.0853. The van der Waals surface area contributed by atoms with Gasteiger partial charge in [-0.25, -0.2) is 0 Å². The van der Waals surface area contributed by atoms with Crippen LogP contribution < -0.4 is 0 Å². The second-order valence-corrected chi connectivity index (χ2v) is 8.25. The van der Waals surface area contributed by atoms with Gasteiger partial charge in [-0.15, -0.1) is 0 Å². The van der Waals surface area contributed by atoms with Crippen molar-refractivity contribution in [3.8, 4) is 0 Å². The summed E-state index contributed by atoms with van der Waals surface area (Å²) in [6.45, 7) is 11.7. The highest BCUT2D eigenvalue weighted by Gasteiger charge is 2.53. The Morgan fingerprint density at radius 3 is 2.68 bits per heavy atom. The number of aliphatic hydroxyl groups is 2. The van der Waals surface area contributed by atoms with Crippen LogP contribution in [-0.2, 0) is 0 Å². The molecular formula is C20H34O2. The van der Waals surface area contributed by atoms with Crippen molar-refractivity contribution in [1.82, 2.24) is 0 Å². The first-order valence-electron chi connectivity index (χ1n) is 8.92. The maximum Gasteiger partial charge on any atom is 0.0614 e. The lowest BCUT2D eigenvalue weighted by Gasteiger charge is -2.58. The van der Waals surface area contributed by atoms with Crippen molar-refractivity contribution in [3.05, 3.63) is 23.8 Å². The molecule has 0 bridgehead atoms. The molecule has 0 aromatic rings. The topological polar surface area (TPSA) is 40.5 Å². The molecule has 0 aromatic heterocycles. The van der Waals surface area contributed by atoms with Gasteiger partial charge < -0.3 is 10.2 Å². The van der Waals surface area contributed by atoms with Gasteiger partial charge in [0.15, 0.2) is 0 Å². The quantitative estimate of drug-likeness (QED) is 0.735. The van der Waals surface area contributed by atoms with Gasteiger partial charge in [-0.3, -0.25) is 0 Å². The zero-order chi connectivity index (χ0) is 16.4. The number of hydrogen-bond acceptors (Lipinski definition) is 2. The highest BCUT2D eigenvalue weighted by molar-refractivity contribution is 5.17. The van der Waals surface area contributed by atoms with Crippen LogP contribution in [0.3, 0.4) is 0 Å². The Kier molecular flexibility index (Phi) is 5.55. The fraction of sp³-hybridized carbons (Fsp3) is 0.800. The predicted molar refractivity (Wildman–Crippen MR) is 92.6 cm³/mol. The molecule has 0 saturated heterocycles. The Bertz CT molecular complexity index is 439. The van der Waals surface area contributed by atoms with Crippen molar-refractivity contribution in [2.75, 3.05) is 13.2 Å². The van der Waals surface area contributed by atoms with Gasteiger partial charge in [-0.1, -0.05) is 44.1 Å². The van der Waals surface area contributed by atoms with Crippen LogP contribution in [-0.4, -0.2) is 23.4 Å². The van der Waals surface area contributed by atoms with Crippen LogP contribution in [0.1, 0.15) is 65.7 Å². The molecule has 126 valence electrons. The number of allylic oxidation sites excluding steroid dienone is 2. The molecule has 22 heavy (non-hydrogen) atoms. The van der Waals surface area contributed by atoms with E-state index >= 15 is 0 Å². The molecule has 0 amide bonds. The van der Waals surface area contributed by atoms with Gasteiger partial charge >= 0.3 is 0 Å². The number of hydrogen-bond donors (Lipinski definition) is 2. The fourth-order valence-corrected chi connectivity index (χ4v) is 5.44. The van der Waals surface area contributed by atoms with Crippen molar-refractivity contribution in [3.63, 3.8) is 0 Å². The summed E-state index contributed by atoms with van der Waals surface area (Å²) in [7, 11) is 0. The van der Waals surface area contributed by atoms with E-state index < -0.39 is 0 Å². The van der Waals surface area contributed by atoms with E-state index in [1.54, 1.807) is 0 Å². The molecular weight excluding hydrogens is 272 g/mol. The third-order valence-corrected chi connectivity index (χ3v) is 6.77. The van der Waals surface area contributed by atoms with Gasteiger partial charge in [0.1, 0.15) is 0 Å². The molecule has 2 N–H and O–H groups in total. The summed E-state index contributed by atoms with van der Waals surface area (Å²) in [5, 5.41) is 19.0. The van der Waals surface area contributed by atoms with E-state index in [0.717, 1.165) is 25.7 Å². The van der Waals surface area contributed by atoms with E-state index in [0.29, 0.717) is 18.4 Å². The first-order chi connectivity index (χ1) is 10.4. The molecule has 0 radical (unpaired) electrons. The first-order valence-corrected chi connectivity index (χ1v) is 8.92. The SMILES string of the molecule is C=C1CCC2[C@](C)(CO)CCC[C@]2(C)[C@H]1CCC(C)=CCO. The molecule has 0 aromatic carbocycles. The van der Waals surface area contributed by atoms with E-state index in [9.17, 15) is 5.11 Å². The van der Waals surface area contributed by atoms with Crippen LogP contribution in [0.25, 0.3) is 0 Å². The van der Waals surface area contributed by atoms with Gasteiger partial charge in [-0.05, 0) is 68.1 Å². The second kappa shape index (κ2) is 6.88. The molecule has 4 atom stereocenters. The smallest absolute Gasteiger partial charge is 0.0614 e. The van der Waals surface area contributed by atoms with Crippen LogP contribution >= 0.6 is 0 Å². The highest BCUT2D eigenvalue weighted by Crippen LogP contribution is 2.61. The van der Waals surface area contributed by atoms with Gasteiger partial charge in [0.25, 0.3) is 0 Å². The van der Waals surface area contributed by atoms with E-state index in [1.807, 2.05) is 6.08 Å². The van der Waals surface area contributed by atoms with Crippen molar-refractivity contribution in [2.24, 2.45) is 22.7 Å². The maximum absolute atomic E-state index is 9.98. The van der Waals surface area contributed by atoms with Crippen molar-refractivity contribution < 1.29 is 10.2 Å². The summed E-state index contributed by atoms with van der Waals surface area (Å²) in [5.41, 5.74) is 3.06. The summed E-state index contributed by atoms with van der Waals surface area (Å²) in [4.78, 5) is 0. The lowest BCUT2D eigenvalue weighted by Crippen LogP contribution is -2.51. The molecule has 2 nitrogen and oxygen atoms in total. The van der Waals surface area contributed by atoms with Gasteiger partial charge in [0, 0.05) is 6.61 Å². The Balaban J connectivity index is 2.20.